The molecule has 1 aromatic rings. The van der Waals surface area contributed by atoms with Gasteiger partial charge in [0.25, 0.3) is 0 Å². The first-order chi connectivity index (χ1) is 7.69. The number of nitrogens with one attached hydrogen (secondary N) is 1. The minimum Gasteiger partial charge on any atom is -0.391 e. The van der Waals surface area contributed by atoms with Gasteiger partial charge in [0.15, 0.2) is 0 Å². The summed E-state index contributed by atoms with van der Waals surface area (Å²) in [6.07, 6.45) is 4.99. The van der Waals surface area contributed by atoms with Gasteiger partial charge in [-0.2, -0.15) is 0 Å². The Hall–Kier alpha value is -1.16. The van der Waals surface area contributed by atoms with Crippen molar-refractivity contribution in [3.8, 4) is 0 Å². The Labute approximate surface area is 97.1 Å². The predicted octanol–water partition coefficient (Wildman–Crippen LogP) is 1.99. The van der Waals surface area contributed by atoms with Gasteiger partial charge in [-0.15, -0.1) is 0 Å². The quantitative estimate of drug-likeness (QED) is 0.774. The van der Waals surface area contributed by atoms with Crippen molar-refractivity contribution in [2.24, 2.45) is 5.92 Å². The summed E-state index contributed by atoms with van der Waals surface area (Å²) >= 11 is 0. The summed E-state index contributed by atoms with van der Waals surface area (Å²) in [6, 6.07) is 0. The number of hydrogen-bond donors (Lipinski definition) is 2. The van der Waals surface area contributed by atoms with E-state index in [4.69, 9.17) is 0 Å². The van der Waals surface area contributed by atoms with Crippen LogP contribution in [0.15, 0.2) is 12.4 Å². The van der Waals surface area contributed by atoms with E-state index in [2.05, 4.69) is 29.1 Å². The zero-order chi connectivity index (χ0) is 12.0. The highest BCUT2D eigenvalue weighted by atomic mass is 16.3. The second-order valence-corrected chi connectivity index (χ2v) is 4.02. The Balaban J connectivity index is 2.48. The topological polar surface area (TPSA) is 58.0 Å². The summed E-state index contributed by atoms with van der Waals surface area (Å²) in [5.41, 5.74) is 0.860. The molecule has 0 aliphatic carbocycles. The SMILES string of the molecule is CCC(CC)C(O)CNc1nccnc1C. The minimum absolute atomic E-state index is 0.323. The number of hydrogen-bond acceptors (Lipinski definition) is 4. The van der Waals surface area contributed by atoms with E-state index in [1.165, 1.54) is 0 Å². The average Bonchev–Trinajstić information content (AvgIpc) is 2.29. The van der Waals surface area contributed by atoms with Gasteiger partial charge >= 0.3 is 0 Å². The van der Waals surface area contributed by atoms with E-state index < -0.39 is 0 Å². The van der Waals surface area contributed by atoms with Gasteiger partial charge in [0.05, 0.1) is 11.8 Å². The molecular weight excluding hydrogens is 202 g/mol. The van der Waals surface area contributed by atoms with E-state index in [0.29, 0.717) is 12.5 Å². The fourth-order valence-corrected chi connectivity index (χ4v) is 1.78. The van der Waals surface area contributed by atoms with Gasteiger partial charge in [0.1, 0.15) is 5.82 Å². The predicted molar refractivity (Wildman–Crippen MR) is 65.3 cm³/mol. The molecule has 4 heteroatoms. The average molecular weight is 223 g/mol. The number of aliphatic hydroxyl groups excluding tert-OH is 1. The third-order valence-corrected chi connectivity index (χ3v) is 2.95. The Kier molecular flexibility index (Phi) is 5.19. The highest BCUT2D eigenvalue weighted by molar-refractivity contribution is 5.38. The molecule has 4 nitrogen and oxygen atoms in total. The molecule has 0 aliphatic rings. The zero-order valence-electron chi connectivity index (χ0n) is 10.3. The molecule has 1 rings (SSSR count). The van der Waals surface area contributed by atoms with E-state index in [1.54, 1.807) is 12.4 Å². The first-order valence-electron chi connectivity index (χ1n) is 5.88. The number of aliphatic hydroxyl groups is 1. The largest absolute Gasteiger partial charge is 0.391 e. The summed E-state index contributed by atoms with van der Waals surface area (Å²) in [7, 11) is 0. The number of rotatable bonds is 6. The van der Waals surface area contributed by atoms with Crippen LogP contribution in [0.25, 0.3) is 0 Å². The van der Waals surface area contributed by atoms with Gasteiger partial charge in [0, 0.05) is 18.9 Å². The van der Waals surface area contributed by atoms with Crippen LogP contribution in [0.5, 0.6) is 0 Å². The van der Waals surface area contributed by atoms with E-state index in [-0.39, 0.29) is 6.10 Å². The number of nitrogens with zero attached hydrogens (tertiary/aromatic N) is 2. The summed E-state index contributed by atoms with van der Waals surface area (Å²) in [5.74, 6) is 1.11. The van der Waals surface area contributed by atoms with Crippen LogP contribution in [-0.2, 0) is 0 Å². The Morgan fingerprint density at radius 1 is 1.25 bits per heavy atom. The molecule has 1 atom stereocenters. The molecular formula is C12H21N3O. The highest BCUT2D eigenvalue weighted by Gasteiger charge is 2.15. The normalized spacial score (nSPS) is 12.8. The molecule has 0 aromatic carbocycles. The Bertz CT molecular complexity index is 313. The monoisotopic (exact) mass is 223 g/mol. The van der Waals surface area contributed by atoms with Crippen LogP contribution in [0.4, 0.5) is 5.82 Å². The standard InChI is InChI=1S/C12H21N3O/c1-4-10(5-2)11(16)8-15-12-9(3)13-6-7-14-12/h6-7,10-11,16H,4-5,8H2,1-3H3,(H,14,15). The maximum atomic E-state index is 9.95. The van der Waals surface area contributed by atoms with Crippen molar-refractivity contribution in [1.82, 2.24) is 9.97 Å². The van der Waals surface area contributed by atoms with Gasteiger partial charge in [-0.1, -0.05) is 26.7 Å². The molecule has 90 valence electrons. The Morgan fingerprint density at radius 3 is 2.44 bits per heavy atom. The lowest BCUT2D eigenvalue weighted by Gasteiger charge is -2.20. The first-order valence-corrected chi connectivity index (χ1v) is 5.88. The lowest BCUT2D eigenvalue weighted by atomic mass is 9.96. The van der Waals surface area contributed by atoms with Crippen LogP contribution in [0.3, 0.4) is 0 Å². The van der Waals surface area contributed by atoms with Gasteiger partial charge < -0.3 is 10.4 Å². The van der Waals surface area contributed by atoms with E-state index >= 15 is 0 Å². The summed E-state index contributed by atoms with van der Waals surface area (Å²) in [4.78, 5) is 8.31. The molecule has 1 unspecified atom stereocenters. The van der Waals surface area contributed by atoms with Crippen molar-refractivity contribution < 1.29 is 5.11 Å². The Morgan fingerprint density at radius 2 is 1.88 bits per heavy atom. The van der Waals surface area contributed by atoms with Crippen molar-refractivity contribution in [2.45, 2.75) is 39.7 Å². The highest BCUT2D eigenvalue weighted by Crippen LogP contribution is 2.14. The zero-order valence-corrected chi connectivity index (χ0v) is 10.3. The first kappa shape index (κ1) is 12.9. The minimum atomic E-state index is -0.323. The molecule has 16 heavy (non-hydrogen) atoms. The van der Waals surface area contributed by atoms with Crippen molar-refractivity contribution in [3.05, 3.63) is 18.1 Å². The van der Waals surface area contributed by atoms with Gasteiger partial charge in [-0.05, 0) is 12.8 Å². The second-order valence-electron chi connectivity index (χ2n) is 4.02. The molecule has 0 saturated heterocycles. The lowest BCUT2D eigenvalue weighted by molar-refractivity contribution is 0.114. The maximum Gasteiger partial charge on any atom is 0.147 e. The maximum absolute atomic E-state index is 9.95. The van der Waals surface area contributed by atoms with Gasteiger partial charge in [-0.25, -0.2) is 4.98 Å². The molecule has 0 saturated carbocycles. The molecule has 0 radical (unpaired) electrons. The summed E-state index contributed by atoms with van der Waals surface area (Å²) < 4.78 is 0. The molecule has 0 amide bonds. The third-order valence-electron chi connectivity index (χ3n) is 2.95. The lowest BCUT2D eigenvalue weighted by Crippen LogP contribution is -2.28. The third kappa shape index (κ3) is 3.45. The van der Waals surface area contributed by atoms with Crippen LogP contribution in [0.1, 0.15) is 32.4 Å². The van der Waals surface area contributed by atoms with E-state index in [9.17, 15) is 5.11 Å². The summed E-state index contributed by atoms with van der Waals surface area (Å²) in [6.45, 7) is 6.64. The molecule has 0 spiro atoms. The van der Waals surface area contributed by atoms with Crippen LogP contribution in [0, 0.1) is 12.8 Å². The molecule has 1 aromatic heterocycles. The van der Waals surface area contributed by atoms with Crippen molar-refractivity contribution in [2.75, 3.05) is 11.9 Å². The summed E-state index contributed by atoms with van der Waals surface area (Å²) in [5, 5.41) is 13.1. The number of aromatic nitrogens is 2. The van der Waals surface area contributed by atoms with Crippen LogP contribution < -0.4 is 5.32 Å². The fourth-order valence-electron chi connectivity index (χ4n) is 1.78. The van der Waals surface area contributed by atoms with E-state index in [1.807, 2.05) is 6.92 Å². The van der Waals surface area contributed by atoms with Crippen LogP contribution in [-0.4, -0.2) is 27.7 Å². The van der Waals surface area contributed by atoms with Crippen molar-refractivity contribution in [3.63, 3.8) is 0 Å². The molecule has 1 heterocycles. The van der Waals surface area contributed by atoms with Crippen LogP contribution >= 0.6 is 0 Å². The van der Waals surface area contributed by atoms with Gasteiger partial charge in [-0.3, -0.25) is 4.98 Å². The number of anilines is 1. The van der Waals surface area contributed by atoms with Crippen molar-refractivity contribution >= 4 is 5.82 Å². The van der Waals surface area contributed by atoms with Crippen LogP contribution in [0.2, 0.25) is 0 Å². The number of aryl methyl sites for hydroxylation is 1. The second kappa shape index (κ2) is 6.43. The molecule has 2 N–H and O–H groups in total. The molecule has 0 bridgehead atoms. The molecule has 0 aliphatic heterocycles. The smallest absolute Gasteiger partial charge is 0.147 e. The van der Waals surface area contributed by atoms with Crippen molar-refractivity contribution in [1.29, 1.82) is 0 Å². The van der Waals surface area contributed by atoms with Gasteiger partial charge in [0.2, 0.25) is 0 Å². The van der Waals surface area contributed by atoms with E-state index in [0.717, 1.165) is 24.4 Å². The fraction of sp³-hybridized carbons (Fsp3) is 0.667. The molecule has 0 fully saturated rings.